The molecule has 1 unspecified atom stereocenters. The van der Waals surface area contributed by atoms with Gasteiger partial charge in [0.2, 0.25) is 0 Å². The lowest BCUT2D eigenvalue weighted by molar-refractivity contribution is 0.406. The average molecular weight is 256 g/mol. The summed E-state index contributed by atoms with van der Waals surface area (Å²) < 4.78 is 6.25. The molecule has 76 valence electrons. The maximum atomic E-state index is 5.47. The molecule has 1 atom stereocenters. The summed E-state index contributed by atoms with van der Waals surface area (Å²) in [6.07, 6.45) is 1.86. The van der Waals surface area contributed by atoms with Crippen LogP contribution in [0.3, 0.4) is 0 Å². The van der Waals surface area contributed by atoms with E-state index in [0.29, 0.717) is 0 Å². The van der Waals surface area contributed by atoms with Crippen LogP contribution in [0.25, 0.3) is 0 Å². The van der Waals surface area contributed by atoms with E-state index < -0.39 is 0 Å². The van der Waals surface area contributed by atoms with Crippen LogP contribution in [-0.4, -0.2) is 7.05 Å². The molecule has 0 aliphatic heterocycles. The average Bonchev–Trinajstić information content (AvgIpc) is 2.60. The highest BCUT2D eigenvalue weighted by atomic mass is 79.9. The molecule has 2 nitrogen and oxygen atoms in total. The molecule has 0 bridgehead atoms. The first-order chi connectivity index (χ1) is 6.77. The molecule has 0 aliphatic carbocycles. The van der Waals surface area contributed by atoms with Crippen LogP contribution in [-0.2, 0) is 0 Å². The van der Waals surface area contributed by atoms with Crippen LogP contribution in [0.4, 0.5) is 0 Å². The molecule has 0 fully saturated rings. The second-order valence-corrected chi connectivity index (χ2v) is 3.73. The van der Waals surface area contributed by atoms with Crippen molar-refractivity contribution in [2.24, 2.45) is 0 Å². The molecule has 0 saturated carbocycles. The van der Waals surface area contributed by atoms with Gasteiger partial charge in [0.05, 0.1) is 6.04 Å². The Bertz CT molecular complexity index is 335. The highest BCUT2D eigenvalue weighted by Crippen LogP contribution is 2.23. The monoisotopic (exact) mass is 255 g/mol. The van der Waals surface area contributed by atoms with Crippen molar-refractivity contribution < 1.29 is 4.42 Å². The van der Waals surface area contributed by atoms with E-state index in [9.17, 15) is 0 Å². The smallest absolute Gasteiger partial charge is 0.169 e. The zero-order valence-electron chi connectivity index (χ0n) is 8.43. The molecule has 0 amide bonds. The highest BCUT2D eigenvalue weighted by molar-refractivity contribution is 9.10. The molecule has 1 aromatic heterocycles. The minimum atomic E-state index is 0.252. The van der Waals surface area contributed by atoms with Gasteiger partial charge in [0, 0.05) is 6.42 Å². The molecular weight excluding hydrogens is 242 g/mol. The van der Waals surface area contributed by atoms with Crippen molar-refractivity contribution in [3.05, 3.63) is 22.6 Å². The van der Waals surface area contributed by atoms with Gasteiger partial charge in [-0.25, -0.2) is 0 Å². The number of nitrogens with one attached hydrogen (secondary N) is 1. The van der Waals surface area contributed by atoms with Gasteiger partial charge in [0.25, 0.3) is 0 Å². The van der Waals surface area contributed by atoms with Gasteiger partial charge in [0.15, 0.2) is 4.67 Å². The highest BCUT2D eigenvalue weighted by Gasteiger charge is 2.11. The fourth-order valence-electron chi connectivity index (χ4n) is 1.29. The predicted molar refractivity (Wildman–Crippen MR) is 60.9 cm³/mol. The topological polar surface area (TPSA) is 25.2 Å². The van der Waals surface area contributed by atoms with Crippen LogP contribution in [0, 0.1) is 11.8 Å². The second-order valence-electron chi connectivity index (χ2n) is 2.95. The molecule has 1 heterocycles. The van der Waals surface area contributed by atoms with E-state index >= 15 is 0 Å². The molecule has 0 saturated heterocycles. The molecule has 1 rings (SSSR count). The standard InChI is InChI=1S/C11H14BrNO/c1-3-4-5-6-9(13-2)10-7-8-11(12)14-10/h7-9,13H,5-6H2,1-2H3. The molecule has 0 aromatic carbocycles. The Morgan fingerprint density at radius 2 is 2.36 bits per heavy atom. The van der Waals surface area contributed by atoms with E-state index in [4.69, 9.17) is 4.42 Å². The number of halogens is 1. The molecule has 0 aliphatic rings. The fraction of sp³-hybridized carbons (Fsp3) is 0.455. The second kappa shape index (κ2) is 5.90. The summed E-state index contributed by atoms with van der Waals surface area (Å²) >= 11 is 3.29. The zero-order valence-corrected chi connectivity index (χ0v) is 10.0. The van der Waals surface area contributed by atoms with E-state index in [1.165, 1.54) is 0 Å². The molecule has 3 heteroatoms. The lowest BCUT2D eigenvalue weighted by Crippen LogP contribution is -2.15. The third kappa shape index (κ3) is 3.21. The number of hydrogen-bond donors (Lipinski definition) is 1. The first kappa shape index (κ1) is 11.4. The Labute approximate surface area is 93.2 Å². The number of furan rings is 1. The van der Waals surface area contributed by atoms with Crippen molar-refractivity contribution in [2.75, 3.05) is 7.05 Å². The Hall–Kier alpha value is -0.720. The van der Waals surface area contributed by atoms with Crippen molar-refractivity contribution in [3.8, 4) is 11.8 Å². The van der Waals surface area contributed by atoms with E-state index in [0.717, 1.165) is 23.3 Å². The molecule has 14 heavy (non-hydrogen) atoms. The van der Waals surface area contributed by atoms with Crippen molar-refractivity contribution in [2.45, 2.75) is 25.8 Å². The Morgan fingerprint density at radius 1 is 1.57 bits per heavy atom. The number of hydrogen-bond acceptors (Lipinski definition) is 2. The predicted octanol–water partition coefficient (Wildman–Crippen LogP) is 3.11. The van der Waals surface area contributed by atoms with Crippen molar-refractivity contribution in [1.82, 2.24) is 5.32 Å². The quantitative estimate of drug-likeness (QED) is 0.837. The van der Waals surface area contributed by atoms with E-state index in [1.807, 2.05) is 26.1 Å². The van der Waals surface area contributed by atoms with E-state index in [2.05, 4.69) is 33.1 Å². The SMILES string of the molecule is CC#CCCC(NC)c1ccc(Br)o1. The van der Waals surface area contributed by atoms with Crippen molar-refractivity contribution in [3.63, 3.8) is 0 Å². The fourth-order valence-corrected chi connectivity index (χ4v) is 1.61. The van der Waals surface area contributed by atoms with Gasteiger partial charge < -0.3 is 9.73 Å². The van der Waals surface area contributed by atoms with Crippen molar-refractivity contribution in [1.29, 1.82) is 0 Å². The van der Waals surface area contributed by atoms with E-state index in [1.54, 1.807) is 0 Å². The van der Waals surface area contributed by atoms with E-state index in [-0.39, 0.29) is 6.04 Å². The zero-order chi connectivity index (χ0) is 10.4. The van der Waals surface area contributed by atoms with Gasteiger partial charge in [-0.15, -0.1) is 11.8 Å². The minimum absolute atomic E-state index is 0.252. The van der Waals surface area contributed by atoms with Gasteiger partial charge in [0.1, 0.15) is 5.76 Å². The molecule has 0 radical (unpaired) electrons. The lowest BCUT2D eigenvalue weighted by Gasteiger charge is -2.11. The maximum absolute atomic E-state index is 5.47. The molecular formula is C11H14BrNO. The van der Waals surface area contributed by atoms with Crippen LogP contribution in [0.2, 0.25) is 0 Å². The maximum Gasteiger partial charge on any atom is 0.169 e. The van der Waals surface area contributed by atoms with Gasteiger partial charge in [-0.05, 0) is 48.5 Å². The third-order valence-electron chi connectivity index (χ3n) is 2.02. The normalized spacial score (nSPS) is 11.9. The molecule has 1 aromatic rings. The van der Waals surface area contributed by atoms with Crippen molar-refractivity contribution >= 4 is 15.9 Å². The van der Waals surface area contributed by atoms with Crippen LogP contribution in [0.1, 0.15) is 31.6 Å². The van der Waals surface area contributed by atoms with Gasteiger partial charge >= 0.3 is 0 Å². The Morgan fingerprint density at radius 3 is 2.86 bits per heavy atom. The summed E-state index contributed by atoms with van der Waals surface area (Å²) in [5, 5.41) is 3.21. The Balaban J connectivity index is 2.56. The van der Waals surface area contributed by atoms with Crippen LogP contribution in [0.15, 0.2) is 21.2 Å². The molecule has 0 spiro atoms. The number of rotatable bonds is 4. The summed E-state index contributed by atoms with van der Waals surface area (Å²) in [6.45, 7) is 1.86. The summed E-state index contributed by atoms with van der Waals surface area (Å²) in [5.74, 6) is 6.89. The first-order valence-electron chi connectivity index (χ1n) is 4.60. The molecule has 1 N–H and O–H groups in total. The van der Waals surface area contributed by atoms with Gasteiger partial charge in [-0.3, -0.25) is 0 Å². The lowest BCUT2D eigenvalue weighted by atomic mass is 10.1. The van der Waals surface area contributed by atoms with Crippen LogP contribution < -0.4 is 5.32 Å². The Kier molecular flexibility index (Phi) is 4.78. The summed E-state index contributed by atoms with van der Waals surface area (Å²) in [4.78, 5) is 0. The third-order valence-corrected chi connectivity index (χ3v) is 2.45. The summed E-state index contributed by atoms with van der Waals surface area (Å²) in [5.41, 5.74) is 0. The van der Waals surface area contributed by atoms with Gasteiger partial charge in [-0.1, -0.05) is 0 Å². The first-order valence-corrected chi connectivity index (χ1v) is 5.39. The summed E-state index contributed by atoms with van der Waals surface area (Å²) in [6, 6.07) is 4.14. The largest absolute Gasteiger partial charge is 0.453 e. The summed E-state index contributed by atoms with van der Waals surface area (Å²) in [7, 11) is 1.93. The van der Waals surface area contributed by atoms with Crippen LogP contribution >= 0.6 is 15.9 Å². The minimum Gasteiger partial charge on any atom is -0.453 e. The van der Waals surface area contributed by atoms with Crippen LogP contribution in [0.5, 0.6) is 0 Å². The van der Waals surface area contributed by atoms with Gasteiger partial charge in [-0.2, -0.15) is 0 Å².